The Bertz CT molecular complexity index is 702. The minimum atomic E-state index is -1.02. The first-order valence-corrected chi connectivity index (χ1v) is 7.34. The first-order chi connectivity index (χ1) is 10.0. The van der Waals surface area contributed by atoms with Gasteiger partial charge < -0.3 is 11.1 Å². The zero-order valence-corrected chi connectivity index (χ0v) is 11.8. The molecular weight excluding hydrogens is 296 g/mol. The second-order valence-electron chi connectivity index (χ2n) is 4.96. The highest BCUT2D eigenvalue weighted by molar-refractivity contribution is 7.15. The number of anilines is 1. The fraction of sp³-hybridized carbons (Fsp3) is 0.286. The van der Waals surface area contributed by atoms with Gasteiger partial charge in [0.2, 0.25) is 0 Å². The first kappa shape index (κ1) is 13.9. The average Bonchev–Trinajstić information content (AvgIpc) is 2.81. The van der Waals surface area contributed by atoms with Crippen molar-refractivity contribution in [1.29, 1.82) is 0 Å². The fourth-order valence-corrected chi connectivity index (χ4v) is 3.38. The second-order valence-corrected chi connectivity index (χ2v) is 6.08. The van der Waals surface area contributed by atoms with Crippen molar-refractivity contribution in [2.24, 2.45) is 0 Å². The van der Waals surface area contributed by atoms with Crippen LogP contribution in [0.4, 0.5) is 13.9 Å². The molecule has 0 saturated heterocycles. The molecule has 110 valence electrons. The van der Waals surface area contributed by atoms with Gasteiger partial charge in [-0.3, -0.25) is 4.79 Å². The van der Waals surface area contributed by atoms with E-state index in [1.54, 1.807) is 0 Å². The molecule has 1 aliphatic rings. The molecule has 0 aliphatic heterocycles. The summed E-state index contributed by atoms with van der Waals surface area (Å²) in [5, 5.41) is 3.38. The van der Waals surface area contributed by atoms with Gasteiger partial charge in [-0.15, -0.1) is 11.3 Å². The molecule has 0 bridgehead atoms. The van der Waals surface area contributed by atoms with Gasteiger partial charge in [0.15, 0.2) is 16.8 Å². The zero-order valence-electron chi connectivity index (χ0n) is 11.0. The van der Waals surface area contributed by atoms with Crippen LogP contribution in [-0.2, 0) is 12.8 Å². The largest absolute Gasteiger partial charge is 0.375 e. The normalized spacial score (nSPS) is 17.3. The molecule has 1 amide bonds. The van der Waals surface area contributed by atoms with Crippen LogP contribution in [0.3, 0.4) is 0 Å². The van der Waals surface area contributed by atoms with Gasteiger partial charge in [0.25, 0.3) is 5.91 Å². The van der Waals surface area contributed by atoms with Crippen molar-refractivity contribution >= 4 is 22.4 Å². The summed E-state index contributed by atoms with van der Waals surface area (Å²) in [6.45, 7) is 0. The molecule has 1 heterocycles. The van der Waals surface area contributed by atoms with Gasteiger partial charge in [-0.05, 0) is 31.0 Å². The molecule has 1 atom stereocenters. The van der Waals surface area contributed by atoms with Crippen molar-refractivity contribution in [1.82, 2.24) is 10.3 Å². The number of nitrogens with zero attached hydrogens (tertiary/aromatic N) is 1. The quantitative estimate of drug-likeness (QED) is 0.894. The number of rotatable bonds is 2. The summed E-state index contributed by atoms with van der Waals surface area (Å²) in [4.78, 5) is 17.4. The number of hydrogen-bond donors (Lipinski definition) is 2. The van der Waals surface area contributed by atoms with E-state index in [1.807, 2.05) is 0 Å². The Hall–Kier alpha value is -2.02. The topological polar surface area (TPSA) is 68.0 Å². The van der Waals surface area contributed by atoms with Crippen molar-refractivity contribution in [2.75, 3.05) is 5.73 Å². The number of nitrogens with one attached hydrogen (secondary N) is 1. The lowest BCUT2D eigenvalue weighted by Crippen LogP contribution is -2.38. The molecule has 3 rings (SSSR count). The minimum Gasteiger partial charge on any atom is -0.375 e. The van der Waals surface area contributed by atoms with Crippen LogP contribution in [0, 0.1) is 11.6 Å². The lowest BCUT2D eigenvalue weighted by atomic mass is 9.97. The third-order valence-corrected chi connectivity index (χ3v) is 4.42. The van der Waals surface area contributed by atoms with E-state index in [2.05, 4.69) is 10.3 Å². The Morgan fingerprint density at radius 3 is 2.95 bits per heavy atom. The molecule has 21 heavy (non-hydrogen) atoms. The average molecular weight is 309 g/mol. The van der Waals surface area contributed by atoms with Crippen LogP contribution in [0.5, 0.6) is 0 Å². The predicted octanol–water partition coefficient (Wildman–Crippen LogP) is 2.29. The summed E-state index contributed by atoms with van der Waals surface area (Å²) in [5.41, 5.74) is 6.78. The number of aromatic nitrogens is 1. The monoisotopic (exact) mass is 309 g/mol. The second kappa shape index (κ2) is 5.40. The molecule has 1 aliphatic carbocycles. The number of hydrogen-bond acceptors (Lipinski definition) is 4. The molecule has 0 radical (unpaired) electrons. The molecule has 0 fully saturated rings. The van der Waals surface area contributed by atoms with E-state index in [0.29, 0.717) is 11.6 Å². The van der Waals surface area contributed by atoms with Crippen molar-refractivity contribution in [2.45, 2.75) is 25.3 Å². The Balaban J connectivity index is 1.69. The number of nitrogen functional groups attached to an aromatic ring is 1. The van der Waals surface area contributed by atoms with Gasteiger partial charge in [-0.2, -0.15) is 0 Å². The number of benzene rings is 1. The van der Waals surface area contributed by atoms with Crippen LogP contribution >= 0.6 is 11.3 Å². The third kappa shape index (κ3) is 2.87. The first-order valence-electron chi connectivity index (χ1n) is 6.53. The summed E-state index contributed by atoms with van der Waals surface area (Å²) in [7, 11) is 0. The molecular formula is C14H13F2N3OS. The SMILES string of the molecule is Nc1nc2c(s1)CC(NC(=O)c1ccc(F)c(F)c1)CC2. The maximum atomic E-state index is 13.1. The Morgan fingerprint density at radius 1 is 1.38 bits per heavy atom. The lowest BCUT2D eigenvalue weighted by molar-refractivity contribution is 0.0933. The van der Waals surface area contributed by atoms with Gasteiger partial charge in [0.1, 0.15) is 0 Å². The third-order valence-electron chi connectivity index (χ3n) is 3.47. The van der Waals surface area contributed by atoms with E-state index in [-0.39, 0.29) is 11.6 Å². The minimum absolute atomic E-state index is 0.0436. The predicted molar refractivity (Wildman–Crippen MR) is 76.2 cm³/mol. The van der Waals surface area contributed by atoms with E-state index in [1.165, 1.54) is 17.4 Å². The number of thiazole rings is 1. The Labute approximate surface area is 124 Å². The molecule has 2 aromatic rings. The van der Waals surface area contributed by atoms with Crippen LogP contribution in [0.25, 0.3) is 0 Å². The zero-order chi connectivity index (χ0) is 15.0. The molecule has 0 saturated carbocycles. The molecule has 4 nitrogen and oxygen atoms in total. The standard InChI is InChI=1S/C14H13F2N3OS/c15-9-3-1-7(5-10(9)16)13(20)18-8-2-4-11-12(6-8)21-14(17)19-11/h1,3,5,8H,2,4,6H2,(H2,17,19)(H,18,20). The Morgan fingerprint density at radius 2 is 2.19 bits per heavy atom. The maximum absolute atomic E-state index is 13.1. The number of halogens is 2. The maximum Gasteiger partial charge on any atom is 0.251 e. The highest BCUT2D eigenvalue weighted by Crippen LogP contribution is 2.28. The molecule has 7 heteroatoms. The van der Waals surface area contributed by atoms with Gasteiger partial charge >= 0.3 is 0 Å². The van der Waals surface area contributed by atoms with E-state index in [0.717, 1.165) is 35.5 Å². The molecule has 0 spiro atoms. The number of amides is 1. The van der Waals surface area contributed by atoms with Crippen LogP contribution in [-0.4, -0.2) is 16.9 Å². The van der Waals surface area contributed by atoms with E-state index in [9.17, 15) is 13.6 Å². The fourth-order valence-electron chi connectivity index (χ4n) is 2.42. The van der Waals surface area contributed by atoms with Crippen molar-refractivity contribution < 1.29 is 13.6 Å². The number of nitrogens with two attached hydrogens (primary N) is 1. The smallest absolute Gasteiger partial charge is 0.251 e. The Kier molecular flexibility index (Phi) is 3.59. The van der Waals surface area contributed by atoms with Gasteiger partial charge in [-0.1, -0.05) is 0 Å². The van der Waals surface area contributed by atoms with Crippen LogP contribution in [0.2, 0.25) is 0 Å². The molecule has 3 N–H and O–H groups in total. The highest BCUT2D eigenvalue weighted by atomic mass is 32.1. The van der Waals surface area contributed by atoms with E-state index < -0.39 is 17.5 Å². The van der Waals surface area contributed by atoms with Crippen LogP contribution in [0.15, 0.2) is 18.2 Å². The van der Waals surface area contributed by atoms with Crippen LogP contribution in [0.1, 0.15) is 27.3 Å². The molecule has 1 unspecified atom stereocenters. The summed E-state index contributed by atoms with van der Waals surface area (Å²) < 4.78 is 26.0. The van der Waals surface area contributed by atoms with Crippen molar-refractivity contribution in [3.8, 4) is 0 Å². The van der Waals surface area contributed by atoms with E-state index in [4.69, 9.17) is 5.73 Å². The summed E-state index contributed by atoms with van der Waals surface area (Å²) in [5.74, 6) is -2.39. The summed E-state index contributed by atoms with van der Waals surface area (Å²) in [6.07, 6.45) is 2.18. The number of carbonyl (C=O) groups is 1. The molecule has 1 aromatic carbocycles. The molecule has 1 aromatic heterocycles. The van der Waals surface area contributed by atoms with E-state index >= 15 is 0 Å². The number of fused-ring (bicyclic) bond motifs is 1. The highest BCUT2D eigenvalue weighted by Gasteiger charge is 2.24. The lowest BCUT2D eigenvalue weighted by Gasteiger charge is -2.22. The van der Waals surface area contributed by atoms with Gasteiger partial charge in [-0.25, -0.2) is 13.8 Å². The van der Waals surface area contributed by atoms with Gasteiger partial charge in [0.05, 0.1) is 5.69 Å². The van der Waals surface area contributed by atoms with Crippen molar-refractivity contribution in [3.05, 3.63) is 46.0 Å². The van der Waals surface area contributed by atoms with Gasteiger partial charge in [0, 0.05) is 22.9 Å². The summed E-state index contributed by atoms with van der Waals surface area (Å²) >= 11 is 1.43. The number of aryl methyl sites for hydroxylation is 1. The van der Waals surface area contributed by atoms with Crippen molar-refractivity contribution in [3.63, 3.8) is 0 Å². The van der Waals surface area contributed by atoms with Crippen LogP contribution < -0.4 is 11.1 Å². The summed E-state index contributed by atoms with van der Waals surface area (Å²) in [6, 6.07) is 3.08. The number of carbonyl (C=O) groups excluding carboxylic acids is 1.